The van der Waals surface area contributed by atoms with E-state index in [0.29, 0.717) is 18.5 Å². The van der Waals surface area contributed by atoms with Gasteiger partial charge in [0.05, 0.1) is 5.56 Å². The number of hydrogen-bond acceptors (Lipinski definition) is 2. The summed E-state index contributed by atoms with van der Waals surface area (Å²) in [6.45, 7) is 2.53. The molecule has 0 saturated heterocycles. The molecule has 0 radical (unpaired) electrons. The van der Waals surface area contributed by atoms with Crippen molar-refractivity contribution in [2.75, 3.05) is 5.32 Å². The Morgan fingerprint density at radius 3 is 2.15 bits per heavy atom. The Morgan fingerprint density at radius 2 is 1.58 bits per heavy atom. The van der Waals surface area contributed by atoms with Crippen LogP contribution in [0.1, 0.15) is 28.4 Å². The second-order valence-corrected chi connectivity index (χ2v) is 6.09. The van der Waals surface area contributed by atoms with Crippen LogP contribution in [0.15, 0.2) is 66.7 Å². The Labute approximate surface area is 152 Å². The van der Waals surface area contributed by atoms with Gasteiger partial charge < -0.3 is 10.4 Å². The van der Waals surface area contributed by atoms with Gasteiger partial charge in [-0.1, -0.05) is 49.4 Å². The van der Waals surface area contributed by atoms with E-state index in [9.17, 15) is 14.3 Å². The van der Waals surface area contributed by atoms with Crippen LogP contribution in [-0.4, -0.2) is 11.1 Å². The van der Waals surface area contributed by atoms with Crippen LogP contribution in [0.4, 0.5) is 10.1 Å². The first-order valence-electron chi connectivity index (χ1n) is 8.52. The molecule has 0 fully saturated rings. The van der Waals surface area contributed by atoms with Crippen molar-refractivity contribution in [2.24, 2.45) is 0 Å². The molecule has 0 heterocycles. The predicted molar refractivity (Wildman–Crippen MR) is 102 cm³/mol. The zero-order valence-electron chi connectivity index (χ0n) is 14.5. The fraction of sp³-hybridized carbons (Fsp3) is 0.136. The molecule has 0 amide bonds. The van der Waals surface area contributed by atoms with E-state index < -0.39 is 5.97 Å². The van der Waals surface area contributed by atoms with Gasteiger partial charge in [-0.25, -0.2) is 9.18 Å². The van der Waals surface area contributed by atoms with Gasteiger partial charge in [0.2, 0.25) is 0 Å². The van der Waals surface area contributed by atoms with Crippen molar-refractivity contribution in [1.29, 1.82) is 0 Å². The molecule has 3 rings (SSSR count). The highest BCUT2D eigenvalue weighted by Crippen LogP contribution is 2.21. The van der Waals surface area contributed by atoms with Crippen molar-refractivity contribution in [3.05, 3.63) is 89.2 Å². The number of carbonyl (C=O) groups is 1. The van der Waals surface area contributed by atoms with Gasteiger partial charge in [0, 0.05) is 12.2 Å². The number of carboxylic acids is 1. The second kappa shape index (κ2) is 7.83. The molecule has 0 aliphatic heterocycles. The average Bonchev–Trinajstić information content (AvgIpc) is 2.67. The molecule has 0 aliphatic rings. The van der Waals surface area contributed by atoms with Crippen LogP contribution in [0.5, 0.6) is 0 Å². The molecule has 26 heavy (non-hydrogen) atoms. The van der Waals surface area contributed by atoms with Crippen molar-refractivity contribution in [3.8, 4) is 11.1 Å². The molecular weight excluding hydrogens is 329 g/mol. The van der Waals surface area contributed by atoms with Crippen molar-refractivity contribution >= 4 is 11.7 Å². The maximum absolute atomic E-state index is 13.0. The van der Waals surface area contributed by atoms with Crippen LogP contribution >= 0.6 is 0 Å². The molecule has 0 unspecified atom stereocenters. The topological polar surface area (TPSA) is 49.3 Å². The van der Waals surface area contributed by atoms with E-state index in [1.807, 2.05) is 43.3 Å². The van der Waals surface area contributed by atoms with Crippen molar-refractivity contribution < 1.29 is 14.3 Å². The molecule has 3 aromatic carbocycles. The SMILES string of the molecule is CCc1ccc(NCc2ccc(-c3ccc(F)cc3)cc2)cc1C(=O)O. The summed E-state index contributed by atoms with van der Waals surface area (Å²) in [5.41, 5.74) is 5.01. The standard InChI is InChI=1S/C22H20FNO2/c1-2-16-9-12-20(13-21(16)22(25)26)24-14-15-3-5-17(6-4-15)18-7-10-19(23)11-8-18/h3-13,24H,2,14H2,1H3,(H,25,26). The Bertz CT molecular complexity index is 902. The average molecular weight is 349 g/mol. The number of rotatable bonds is 6. The minimum Gasteiger partial charge on any atom is -0.478 e. The fourth-order valence-corrected chi connectivity index (χ4v) is 2.86. The lowest BCUT2D eigenvalue weighted by atomic mass is 10.0. The first-order chi connectivity index (χ1) is 12.6. The number of aromatic carboxylic acids is 1. The predicted octanol–water partition coefficient (Wildman–Crippen LogP) is 5.37. The lowest BCUT2D eigenvalue weighted by Gasteiger charge is -2.10. The molecule has 4 heteroatoms. The number of anilines is 1. The molecule has 0 atom stereocenters. The maximum atomic E-state index is 13.0. The first kappa shape index (κ1) is 17.7. The zero-order chi connectivity index (χ0) is 18.5. The van der Waals surface area contributed by atoms with Crippen molar-refractivity contribution in [1.82, 2.24) is 0 Å². The van der Waals surface area contributed by atoms with Crippen LogP contribution in [0.2, 0.25) is 0 Å². The number of nitrogens with one attached hydrogen (secondary N) is 1. The third kappa shape index (κ3) is 4.09. The molecule has 0 bridgehead atoms. The fourth-order valence-electron chi connectivity index (χ4n) is 2.86. The lowest BCUT2D eigenvalue weighted by molar-refractivity contribution is 0.0696. The molecule has 0 spiro atoms. The summed E-state index contributed by atoms with van der Waals surface area (Å²) in [5, 5.41) is 12.6. The monoisotopic (exact) mass is 349 g/mol. The molecule has 3 aromatic rings. The molecule has 3 nitrogen and oxygen atoms in total. The summed E-state index contributed by atoms with van der Waals surface area (Å²) in [4.78, 5) is 11.3. The largest absolute Gasteiger partial charge is 0.478 e. The van der Waals surface area contributed by atoms with E-state index in [1.165, 1.54) is 12.1 Å². The summed E-state index contributed by atoms with van der Waals surface area (Å²) in [6.07, 6.45) is 0.687. The van der Waals surface area contributed by atoms with Crippen LogP contribution in [-0.2, 0) is 13.0 Å². The maximum Gasteiger partial charge on any atom is 0.336 e. The minimum atomic E-state index is -0.908. The number of halogens is 1. The minimum absolute atomic E-state index is 0.246. The van der Waals surface area contributed by atoms with Gasteiger partial charge in [-0.3, -0.25) is 0 Å². The van der Waals surface area contributed by atoms with Gasteiger partial charge in [0.25, 0.3) is 0 Å². The molecule has 132 valence electrons. The first-order valence-corrected chi connectivity index (χ1v) is 8.52. The lowest BCUT2D eigenvalue weighted by Crippen LogP contribution is -2.05. The Kier molecular flexibility index (Phi) is 5.32. The van der Waals surface area contributed by atoms with Crippen LogP contribution in [0.3, 0.4) is 0 Å². The van der Waals surface area contributed by atoms with Gasteiger partial charge in [0.1, 0.15) is 5.82 Å². The highest BCUT2D eigenvalue weighted by atomic mass is 19.1. The highest BCUT2D eigenvalue weighted by molar-refractivity contribution is 5.90. The van der Waals surface area contributed by atoms with Gasteiger partial charge in [-0.15, -0.1) is 0 Å². The van der Waals surface area contributed by atoms with Gasteiger partial charge in [0.15, 0.2) is 0 Å². The number of hydrogen-bond donors (Lipinski definition) is 2. The van der Waals surface area contributed by atoms with E-state index in [4.69, 9.17) is 0 Å². The molecular formula is C22H20FNO2. The quantitative estimate of drug-likeness (QED) is 0.629. The van der Waals surface area contributed by atoms with Crippen molar-refractivity contribution in [3.63, 3.8) is 0 Å². The Morgan fingerprint density at radius 1 is 0.962 bits per heavy atom. The normalized spacial score (nSPS) is 10.5. The van der Waals surface area contributed by atoms with Gasteiger partial charge in [-0.2, -0.15) is 0 Å². The van der Waals surface area contributed by atoms with E-state index in [2.05, 4.69) is 5.32 Å². The molecule has 0 aliphatic carbocycles. The Hall–Kier alpha value is -3.14. The zero-order valence-corrected chi connectivity index (χ0v) is 14.5. The van der Waals surface area contributed by atoms with Gasteiger partial charge >= 0.3 is 5.97 Å². The summed E-state index contributed by atoms with van der Waals surface area (Å²) >= 11 is 0. The summed E-state index contributed by atoms with van der Waals surface area (Å²) in [5.74, 6) is -1.15. The summed E-state index contributed by atoms with van der Waals surface area (Å²) < 4.78 is 13.0. The van der Waals surface area contributed by atoms with Crippen LogP contribution in [0.25, 0.3) is 11.1 Å². The van der Waals surface area contributed by atoms with Crippen molar-refractivity contribution in [2.45, 2.75) is 19.9 Å². The Balaban J connectivity index is 1.69. The smallest absolute Gasteiger partial charge is 0.336 e. The van der Waals surface area contributed by atoms with Crippen LogP contribution < -0.4 is 5.32 Å². The summed E-state index contributed by atoms with van der Waals surface area (Å²) in [7, 11) is 0. The van der Waals surface area contributed by atoms with E-state index in [-0.39, 0.29) is 5.82 Å². The third-order valence-corrected chi connectivity index (χ3v) is 4.35. The van der Waals surface area contributed by atoms with E-state index >= 15 is 0 Å². The van der Waals surface area contributed by atoms with E-state index in [1.54, 1.807) is 18.2 Å². The van der Waals surface area contributed by atoms with Gasteiger partial charge in [-0.05, 0) is 52.9 Å². The molecule has 2 N–H and O–H groups in total. The highest BCUT2D eigenvalue weighted by Gasteiger charge is 2.09. The van der Waals surface area contributed by atoms with E-state index in [0.717, 1.165) is 27.9 Å². The number of benzene rings is 3. The molecule has 0 aromatic heterocycles. The second-order valence-electron chi connectivity index (χ2n) is 6.09. The third-order valence-electron chi connectivity index (χ3n) is 4.35. The number of aryl methyl sites for hydroxylation is 1. The van der Waals surface area contributed by atoms with Crippen LogP contribution in [0, 0.1) is 5.82 Å². The molecule has 0 saturated carbocycles. The summed E-state index contributed by atoms with van der Waals surface area (Å²) in [6, 6.07) is 19.8. The number of carboxylic acid groups (broad SMARTS) is 1.